The smallest absolute Gasteiger partial charge is 0.258 e. The Morgan fingerprint density at radius 1 is 1.25 bits per heavy atom. The Hall–Kier alpha value is -2.56. The minimum absolute atomic E-state index is 0.0315. The minimum Gasteiger partial charge on any atom is -0.493 e. The number of ether oxygens (including phenoxy) is 1. The summed E-state index contributed by atoms with van der Waals surface area (Å²) in [7, 11) is 0. The van der Waals surface area contributed by atoms with Gasteiger partial charge in [0, 0.05) is 17.8 Å². The van der Waals surface area contributed by atoms with E-state index in [1.165, 1.54) is 12.1 Å². The van der Waals surface area contributed by atoms with E-state index in [4.69, 9.17) is 10.5 Å². The number of rotatable bonds is 2. The number of halogens is 1. The fourth-order valence-corrected chi connectivity index (χ4v) is 2.18. The van der Waals surface area contributed by atoms with Crippen molar-refractivity contribution in [2.24, 2.45) is 0 Å². The van der Waals surface area contributed by atoms with Crippen molar-refractivity contribution >= 4 is 17.3 Å². The number of nitrogens with one attached hydrogen (secondary N) is 1. The van der Waals surface area contributed by atoms with Gasteiger partial charge in [-0.3, -0.25) is 4.79 Å². The first kappa shape index (κ1) is 12.5. The van der Waals surface area contributed by atoms with Crippen LogP contribution in [0.25, 0.3) is 0 Å². The van der Waals surface area contributed by atoms with Gasteiger partial charge >= 0.3 is 0 Å². The Bertz CT molecular complexity index is 686. The van der Waals surface area contributed by atoms with Crippen LogP contribution in [0.5, 0.6) is 5.75 Å². The Balaban J connectivity index is 1.82. The summed E-state index contributed by atoms with van der Waals surface area (Å²) in [6, 6.07) is 9.38. The van der Waals surface area contributed by atoms with Crippen LogP contribution in [0, 0.1) is 5.82 Å². The standard InChI is InChI=1S/C15H13FN2O2/c16-13-8-10(17)1-3-12(13)15(19)18-11-2-4-14-9(7-11)5-6-20-14/h1-4,7-8H,5-6,17H2,(H,18,19). The third-order valence-corrected chi connectivity index (χ3v) is 3.19. The molecule has 4 nitrogen and oxygen atoms in total. The number of benzene rings is 2. The molecule has 3 N–H and O–H groups in total. The lowest BCUT2D eigenvalue weighted by Crippen LogP contribution is -2.14. The zero-order chi connectivity index (χ0) is 14.1. The highest BCUT2D eigenvalue weighted by Gasteiger charge is 2.15. The molecule has 5 heteroatoms. The number of hydrogen-bond donors (Lipinski definition) is 2. The second-order valence-corrected chi connectivity index (χ2v) is 4.61. The van der Waals surface area contributed by atoms with Gasteiger partial charge in [0.1, 0.15) is 11.6 Å². The van der Waals surface area contributed by atoms with Crippen LogP contribution in [0.4, 0.5) is 15.8 Å². The van der Waals surface area contributed by atoms with E-state index < -0.39 is 11.7 Å². The SMILES string of the molecule is Nc1ccc(C(=O)Nc2ccc3c(c2)CCO3)c(F)c1. The fourth-order valence-electron chi connectivity index (χ4n) is 2.18. The predicted octanol–water partition coefficient (Wildman–Crippen LogP) is 2.60. The van der Waals surface area contributed by atoms with Gasteiger partial charge in [-0.25, -0.2) is 4.39 Å². The van der Waals surface area contributed by atoms with E-state index in [-0.39, 0.29) is 11.3 Å². The van der Waals surface area contributed by atoms with Crippen LogP contribution in [0.15, 0.2) is 36.4 Å². The Morgan fingerprint density at radius 2 is 2.10 bits per heavy atom. The van der Waals surface area contributed by atoms with Crippen LogP contribution in [0.3, 0.4) is 0 Å². The second kappa shape index (κ2) is 4.85. The van der Waals surface area contributed by atoms with Gasteiger partial charge in [0.2, 0.25) is 0 Å². The molecule has 102 valence electrons. The molecule has 3 rings (SSSR count). The van der Waals surface area contributed by atoms with Crippen LogP contribution in [0.2, 0.25) is 0 Å². The third kappa shape index (κ3) is 2.30. The monoisotopic (exact) mass is 272 g/mol. The van der Waals surface area contributed by atoms with E-state index in [9.17, 15) is 9.18 Å². The first-order valence-electron chi connectivity index (χ1n) is 6.25. The molecule has 0 fully saturated rings. The van der Waals surface area contributed by atoms with E-state index in [2.05, 4.69) is 5.32 Å². The molecule has 0 spiro atoms. The number of amides is 1. The third-order valence-electron chi connectivity index (χ3n) is 3.19. The summed E-state index contributed by atoms with van der Waals surface area (Å²) in [5.41, 5.74) is 7.37. The lowest BCUT2D eigenvalue weighted by atomic mass is 10.1. The molecule has 1 aliphatic rings. The summed E-state index contributed by atoms with van der Waals surface area (Å²) in [5, 5.41) is 2.67. The highest BCUT2D eigenvalue weighted by Crippen LogP contribution is 2.28. The molecule has 20 heavy (non-hydrogen) atoms. The molecule has 1 amide bonds. The molecule has 0 bridgehead atoms. The molecule has 0 aliphatic carbocycles. The number of carbonyl (C=O) groups is 1. The maximum absolute atomic E-state index is 13.7. The van der Waals surface area contributed by atoms with Gasteiger partial charge in [-0.15, -0.1) is 0 Å². The molecular formula is C15H13FN2O2. The molecule has 2 aromatic rings. The second-order valence-electron chi connectivity index (χ2n) is 4.61. The number of carbonyl (C=O) groups excluding carboxylic acids is 1. The average molecular weight is 272 g/mol. The molecule has 2 aromatic carbocycles. The fraction of sp³-hybridized carbons (Fsp3) is 0.133. The summed E-state index contributed by atoms with van der Waals surface area (Å²) in [6.07, 6.45) is 0.815. The largest absolute Gasteiger partial charge is 0.493 e. The minimum atomic E-state index is -0.632. The van der Waals surface area contributed by atoms with Crippen molar-refractivity contribution in [1.29, 1.82) is 0 Å². The van der Waals surface area contributed by atoms with Crippen LogP contribution >= 0.6 is 0 Å². The van der Waals surface area contributed by atoms with Gasteiger partial charge in [0.05, 0.1) is 12.2 Å². The van der Waals surface area contributed by atoms with Gasteiger partial charge < -0.3 is 15.8 Å². The molecule has 0 unspecified atom stereocenters. The maximum Gasteiger partial charge on any atom is 0.258 e. The number of nitrogen functional groups attached to an aromatic ring is 1. The van der Waals surface area contributed by atoms with Crippen molar-refractivity contribution < 1.29 is 13.9 Å². The van der Waals surface area contributed by atoms with Gasteiger partial charge in [0.25, 0.3) is 5.91 Å². The van der Waals surface area contributed by atoms with E-state index in [0.717, 1.165) is 23.8 Å². The first-order valence-corrected chi connectivity index (χ1v) is 6.25. The number of anilines is 2. The average Bonchev–Trinajstić information content (AvgIpc) is 2.85. The maximum atomic E-state index is 13.7. The molecule has 0 radical (unpaired) electrons. The normalized spacial score (nSPS) is 12.7. The summed E-state index contributed by atoms with van der Waals surface area (Å²) >= 11 is 0. The Kier molecular flexibility index (Phi) is 3.02. The molecule has 1 aliphatic heterocycles. The first-order chi connectivity index (χ1) is 9.63. The summed E-state index contributed by atoms with van der Waals surface area (Å²) in [5.74, 6) is -0.296. The molecule has 0 saturated heterocycles. The molecule has 0 aromatic heterocycles. The Morgan fingerprint density at radius 3 is 2.90 bits per heavy atom. The van der Waals surface area contributed by atoms with E-state index in [0.29, 0.717) is 12.3 Å². The van der Waals surface area contributed by atoms with Crippen molar-refractivity contribution in [3.05, 3.63) is 53.3 Å². The number of hydrogen-bond acceptors (Lipinski definition) is 3. The van der Waals surface area contributed by atoms with Crippen molar-refractivity contribution in [3.63, 3.8) is 0 Å². The van der Waals surface area contributed by atoms with E-state index in [1.54, 1.807) is 12.1 Å². The van der Waals surface area contributed by atoms with Crippen LogP contribution in [-0.4, -0.2) is 12.5 Å². The van der Waals surface area contributed by atoms with Crippen LogP contribution in [0.1, 0.15) is 15.9 Å². The predicted molar refractivity (Wildman–Crippen MR) is 74.4 cm³/mol. The van der Waals surface area contributed by atoms with E-state index in [1.807, 2.05) is 6.07 Å². The topological polar surface area (TPSA) is 64.4 Å². The Labute approximate surface area is 115 Å². The molecule has 0 saturated carbocycles. The van der Waals surface area contributed by atoms with Crippen molar-refractivity contribution in [2.75, 3.05) is 17.7 Å². The lowest BCUT2D eigenvalue weighted by Gasteiger charge is -2.08. The highest BCUT2D eigenvalue weighted by atomic mass is 19.1. The van der Waals surface area contributed by atoms with Gasteiger partial charge in [-0.05, 0) is 42.0 Å². The van der Waals surface area contributed by atoms with Crippen LogP contribution < -0.4 is 15.8 Å². The molecule has 0 atom stereocenters. The highest BCUT2D eigenvalue weighted by molar-refractivity contribution is 6.04. The van der Waals surface area contributed by atoms with Gasteiger partial charge in [0.15, 0.2) is 0 Å². The molecular weight excluding hydrogens is 259 g/mol. The van der Waals surface area contributed by atoms with Crippen molar-refractivity contribution in [2.45, 2.75) is 6.42 Å². The quantitative estimate of drug-likeness (QED) is 0.826. The van der Waals surface area contributed by atoms with Crippen LogP contribution in [-0.2, 0) is 6.42 Å². The summed E-state index contributed by atoms with van der Waals surface area (Å²) in [4.78, 5) is 12.0. The number of nitrogens with two attached hydrogens (primary N) is 1. The molecule has 1 heterocycles. The summed E-state index contributed by atoms with van der Waals surface area (Å²) < 4.78 is 19.1. The van der Waals surface area contributed by atoms with E-state index >= 15 is 0 Å². The van der Waals surface area contributed by atoms with Gasteiger partial charge in [-0.2, -0.15) is 0 Å². The number of fused-ring (bicyclic) bond motifs is 1. The zero-order valence-electron chi connectivity index (χ0n) is 10.7. The van der Waals surface area contributed by atoms with Crippen molar-refractivity contribution in [3.8, 4) is 5.75 Å². The van der Waals surface area contributed by atoms with Crippen molar-refractivity contribution in [1.82, 2.24) is 0 Å². The zero-order valence-corrected chi connectivity index (χ0v) is 10.7. The summed E-state index contributed by atoms with van der Waals surface area (Å²) in [6.45, 7) is 0.652. The van der Waals surface area contributed by atoms with Gasteiger partial charge in [-0.1, -0.05) is 0 Å². The lowest BCUT2D eigenvalue weighted by molar-refractivity contribution is 0.102.